The van der Waals surface area contributed by atoms with Crippen LogP contribution in [0.25, 0.3) is 10.7 Å². The Balaban J connectivity index is 1.26. The Morgan fingerprint density at radius 3 is 2.10 bits per heavy atom. The zero-order chi connectivity index (χ0) is 71.0. The molecule has 96 heavy (non-hydrogen) atoms. The zero-order valence-electron chi connectivity index (χ0n) is 52.7. The number of carbonyl (C=O) groups is 8. The van der Waals surface area contributed by atoms with Gasteiger partial charge in [0.15, 0.2) is 18.7 Å². The van der Waals surface area contributed by atoms with Gasteiger partial charge in [-0.3, -0.25) is 33.6 Å². The fourth-order valence-electron chi connectivity index (χ4n) is 9.79. The molecular weight excluding hydrogens is 1330 g/mol. The maximum Gasteiger partial charge on any atom is 0.404 e. The van der Waals surface area contributed by atoms with Gasteiger partial charge in [-0.1, -0.05) is 6.92 Å². The molecular formula is C55H83N16O22S3+. The number of nitrogens with zero attached hydrogens (tertiary/aromatic N) is 5. The van der Waals surface area contributed by atoms with Crippen molar-refractivity contribution in [3.8, 4) is 10.7 Å². The van der Waals surface area contributed by atoms with Gasteiger partial charge in [-0.2, -0.15) is 0 Å². The number of thiazole rings is 2. The van der Waals surface area contributed by atoms with E-state index < -0.39 is 195 Å². The van der Waals surface area contributed by atoms with Crippen molar-refractivity contribution in [2.45, 2.75) is 157 Å². The Morgan fingerprint density at radius 2 is 1.48 bits per heavy atom. The standard InChI is InChI=1S/C55H82N16O22S3/c1-20-33(68-45(71-44(20)58)25(12-31(57)75)63-13-24(56)52(86)87)49(84)70-35(41(26-14-60-19-64-26)91-54-43(39(79)37(77)29(15-72)90-54)92-53-40(80)42(93-55(59)88)38(78)30(16-73)89-53)50(85)65-22(3)36(76)21(2)46(81)69-34(23(4)74)48(83)62-10-8-32-66-28(18-94-32)51-67-27(17-95-51)47(82)61-9-7-11-96(5)6/h14,17-19,21-25,29-30,34-43,53-54,63,72-74,76-80H,7-13,15-16,56H2,1-6H3,(H12-,57,58,59,60,61,62,64,65,68,69,70,71,75,81,82,83,84,85,86,87,88)/p+1/t21-,22?,23+,24-,25-,29-,30+,34-,35-,36-,37+,38+,39-,40-,41-,42-,43-,53+,54?/m0/s1. The molecule has 0 radical (unpaired) electrons. The first-order valence-electron chi connectivity index (χ1n) is 29.8. The number of carboxylic acids is 1. The van der Waals surface area contributed by atoms with Gasteiger partial charge in [0.25, 0.3) is 11.8 Å². The summed E-state index contributed by atoms with van der Waals surface area (Å²) in [4.78, 5) is 130. The minimum absolute atomic E-state index is 0.00876. The maximum absolute atomic E-state index is 15.2. The SMILES string of the molecule is Cc1c(N)nc([C@H](CC(N)=O)NC[C@H](N)C(=O)O)nc1C(=O)N[C@H](C(=O)NC(C)[C@@H](O)[C@H](C)C(=O)N[C@H](C(=O)NCCc1nc(-c2nc(C(=O)NCCC[S+](C)C)cs2)cs1)[C@@H](C)O)[C@@H](OC1O[C@@H](CO)[C@@H](O)[C@H](O)[C@@H]1O[C@H]1O[C@H](CO)[C@@H](O)[C@H](OC(N)=O)[C@@H]1O)c1cnc[nH]1. The number of imidazole rings is 1. The highest BCUT2D eigenvalue weighted by atomic mass is 32.2. The molecule has 2 aliphatic rings. The number of aliphatic hydroxyl groups is 8. The number of ether oxygens (including phenoxy) is 5. The average molecular weight is 1420 g/mol. The van der Waals surface area contributed by atoms with Crippen LogP contribution in [0.4, 0.5) is 10.6 Å². The van der Waals surface area contributed by atoms with Crippen LogP contribution in [0.2, 0.25) is 0 Å². The Hall–Kier alpha value is -7.30. The molecule has 0 aromatic carbocycles. The van der Waals surface area contributed by atoms with E-state index in [9.17, 15) is 79.5 Å². The number of carbonyl (C=O) groups excluding carboxylic acids is 7. The van der Waals surface area contributed by atoms with E-state index in [2.05, 4.69) is 74.3 Å². The number of nitrogens with two attached hydrogens (primary N) is 4. The highest BCUT2D eigenvalue weighted by molar-refractivity contribution is 7.95. The predicted octanol–water partition coefficient (Wildman–Crippen LogP) is -7.10. The molecule has 7 amide bonds. The van der Waals surface area contributed by atoms with Crippen molar-refractivity contribution in [1.29, 1.82) is 0 Å². The summed E-state index contributed by atoms with van der Waals surface area (Å²) < 4.78 is 28.7. The average Bonchev–Trinajstić information content (AvgIpc) is 0.885. The first-order chi connectivity index (χ1) is 45.3. The summed E-state index contributed by atoms with van der Waals surface area (Å²) in [7, 11) is 0.252. The van der Waals surface area contributed by atoms with Crippen LogP contribution >= 0.6 is 22.7 Å². The molecule has 0 bridgehead atoms. The van der Waals surface area contributed by atoms with E-state index in [4.69, 9.17) is 46.6 Å². The third-order valence-electron chi connectivity index (χ3n) is 15.2. The highest BCUT2D eigenvalue weighted by Gasteiger charge is 2.54. The second-order valence-electron chi connectivity index (χ2n) is 22.8. The van der Waals surface area contributed by atoms with Crippen molar-refractivity contribution in [2.24, 2.45) is 23.1 Å². The fourth-order valence-corrected chi connectivity index (χ4v) is 12.1. The molecule has 4 aromatic rings. The highest BCUT2D eigenvalue weighted by Crippen LogP contribution is 2.35. The van der Waals surface area contributed by atoms with Gasteiger partial charge in [0.1, 0.15) is 106 Å². The van der Waals surface area contributed by atoms with Gasteiger partial charge < -0.3 is 129 Å². The Kier molecular flexibility index (Phi) is 29.0. The van der Waals surface area contributed by atoms with Gasteiger partial charge in [-0.15, -0.1) is 22.7 Å². The number of carboxylic acid groups (broad SMARTS) is 1. The van der Waals surface area contributed by atoms with E-state index in [1.807, 2.05) is 0 Å². The van der Waals surface area contributed by atoms with Gasteiger partial charge in [-0.05, 0) is 31.7 Å². The molecule has 0 spiro atoms. The number of H-pyrrole nitrogens is 1. The molecule has 24 N–H and O–H groups in total. The lowest BCUT2D eigenvalue weighted by Gasteiger charge is -2.47. The Labute approximate surface area is 558 Å². The van der Waals surface area contributed by atoms with Gasteiger partial charge in [-0.25, -0.2) is 29.7 Å². The van der Waals surface area contributed by atoms with Crippen molar-refractivity contribution in [2.75, 3.05) is 56.8 Å². The molecule has 6 heterocycles. The molecule has 2 saturated heterocycles. The molecule has 4 aromatic heterocycles. The number of amides is 7. The number of primary amides is 2. The van der Waals surface area contributed by atoms with E-state index in [1.54, 1.807) is 10.8 Å². The summed E-state index contributed by atoms with van der Waals surface area (Å²) in [5.41, 5.74) is 22.5. The van der Waals surface area contributed by atoms with Gasteiger partial charge in [0, 0.05) is 55.2 Å². The number of nitrogen functional groups attached to an aromatic ring is 1. The Morgan fingerprint density at radius 1 is 0.792 bits per heavy atom. The van der Waals surface area contributed by atoms with E-state index in [0.717, 1.165) is 24.7 Å². The summed E-state index contributed by atoms with van der Waals surface area (Å²) in [6, 6.07) is -8.15. The molecule has 2 aliphatic heterocycles. The quantitative estimate of drug-likeness (QED) is 0.0150. The number of hydrogen-bond acceptors (Lipinski definition) is 31. The van der Waals surface area contributed by atoms with Crippen molar-refractivity contribution in [3.63, 3.8) is 0 Å². The molecule has 19 atom stereocenters. The lowest BCUT2D eigenvalue weighted by molar-refractivity contribution is -0.372. The topological polar surface area (TPSA) is 621 Å². The summed E-state index contributed by atoms with van der Waals surface area (Å²) in [5, 5.41) is 117. The van der Waals surface area contributed by atoms with Crippen LogP contribution in [-0.2, 0) is 65.0 Å². The summed E-state index contributed by atoms with van der Waals surface area (Å²) in [5.74, 6) is -8.34. The van der Waals surface area contributed by atoms with Gasteiger partial charge in [0.2, 0.25) is 23.6 Å². The van der Waals surface area contributed by atoms with E-state index in [1.165, 1.54) is 50.4 Å². The monoisotopic (exact) mass is 1420 g/mol. The van der Waals surface area contributed by atoms with Crippen LogP contribution < -0.4 is 54.8 Å². The maximum atomic E-state index is 15.2. The van der Waals surface area contributed by atoms with Crippen LogP contribution in [0.5, 0.6) is 0 Å². The minimum atomic E-state index is -2.20. The van der Waals surface area contributed by atoms with Crippen LogP contribution in [0, 0.1) is 12.8 Å². The number of rotatable bonds is 35. The van der Waals surface area contributed by atoms with Gasteiger partial charge in [0.05, 0.1) is 79.2 Å². The second-order valence-corrected chi connectivity index (χ2v) is 26.9. The van der Waals surface area contributed by atoms with Crippen LogP contribution in [-0.4, -0.2) is 272 Å². The van der Waals surface area contributed by atoms with Crippen molar-refractivity contribution in [1.82, 2.24) is 61.8 Å². The normalized spacial score (nSPS) is 24.0. The van der Waals surface area contributed by atoms with Crippen molar-refractivity contribution >= 4 is 86.9 Å². The molecule has 38 nitrogen and oxygen atoms in total. The third kappa shape index (κ3) is 20.6. The molecule has 41 heteroatoms. The molecule has 6 rings (SSSR count). The summed E-state index contributed by atoms with van der Waals surface area (Å²) >= 11 is 2.52. The number of aliphatic carboxylic acids is 1. The van der Waals surface area contributed by atoms with Gasteiger partial charge >= 0.3 is 12.1 Å². The largest absolute Gasteiger partial charge is 0.480 e. The first-order valence-corrected chi connectivity index (χ1v) is 33.7. The second kappa shape index (κ2) is 35.8. The molecule has 0 saturated carbocycles. The number of nitrogens with one attached hydrogen (secondary N) is 7. The lowest BCUT2D eigenvalue weighted by atomic mass is 9.96. The number of aromatic nitrogens is 6. The van der Waals surface area contributed by atoms with Crippen LogP contribution in [0.1, 0.15) is 88.8 Å². The van der Waals surface area contributed by atoms with E-state index in [0.29, 0.717) is 22.3 Å². The lowest BCUT2D eigenvalue weighted by Crippen LogP contribution is -2.65. The van der Waals surface area contributed by atoms with Crippen LogP contribution in [0.15, 0.2) is 23.3 Å². The summed E-state index contributed by atoms with van der Waals surface area (Å²) in [6.07, 6.45) is -20.1. The smallest absolute Gasteiger partial charge is 0.404 e. The zero-order valence-corrected chi connectivity index (χ0v) is 55.2. The number of aliphatic hydroxyl groups excluding tert-OH is 8. The summed E-state index contributed by atoms with van der Waals surface area (Å²) in [6.45, 7) is 3.00. The minimum Gasteiger partial charge on any atom is -0.480 e. The molecule has 532 valence electrons. The molecule has 2 unspecified atom stereocenters. The fraction of sp³-hybridized carbons (Fsp3) is 0.618. The number of aromatic amines is 1. The van der Waals surface area contributed by atoms with Crippen molar-refractivity contribution in [3.05, 3.63) is 56.8 Å². The third-order valence-corrected chi connectivity index (χ3v) is 18.1. The Bertz CT molecular complexity index is 3280. The number of anilines is 1. The van der Waals surface area contributed by atoms with E-state index in [-0.39, 0.29) is 52.5 Å². The molecule has 2 fully saturated rings. The predicted molar refractivity (Wildman–Crippen MR) is 337 cm³/mol. The molecule has 0 aliphatic carbocycles. The first kappa shape index (κ1) is 77.7. The van der Waals surface area contributed by atoms with Crippen molar-refractivity contribution < 1.29 is 108 Å². The van der Waals surface area contributed by atoms with E-state index >= 15 is 4.79 Å². The van der Waals surface area contributed by atoms with Crippen LogP contribution in [0.3, 0.4) is 0 Å². The number of hydrogen-bond donors (Lipinski definition) is 20.